The lowest BCUT2D eigenvalue weighted by molar-refractivity contribution is 0.687. The lowest BCUT2D eigenvalue weighted by Gasteiger charge is -2.01. The number of nitrogens with zero attached hydrogens (tertiary/aromatic N) is 4. The average Bonchev–Trinajstić information content (AvgIpc) is 3.42. The van der Waals surface area contributed by atoms with E-state index in [0.29, 0.717) is 0 Å². The van der Waals surface area contributed by atoms with Crippen LogP contribution in [0.4, 0.5) is 0 Å². The number of nitrogens with one attached hydrogen (secondary N) is 1. The van der Waals surface area contributed by atoms with Crippen LogP contribution in [0.1, 0.15) is 5.56 Å². The first kappa shape index (κ1) is 15.0. The summed E-state index contributed by atoms with van der Waals surface area (Å²) in [6.45, 7) is 0.755. The summed E-state index contributed by atoms with van der Waals surface area (Å²) in [4.78, 5) is 12.2. The Kier molecular flexibility index (Phi) is 3.61. The van der Waals surface area contributed by atoms with Crippen molar-refractivity contribution >= 4 is 22.4 Å². The summed E-state index contributed by atoms with van der Waals surface area (Å²) in [5.41, 5.74) is 8.09. The highest BCUT2D eigenvalue weighted by molar-refractivity contribution is 7.07. The van der Waals surface area contributed by atoms with Gasteiger partial charge >= 0.3 is 0 Å². The minimum Gasteiger partial charge on any atom is -0.346 e. The molecular weight excluding hydrogens is 342 g/mol. The molecule has 0 aliphatic heterocycles. The Labute approximate surface area is 154 Å². The normalized spacial score (nSPS) is 11.2. The van der Waals surface area contributed by atoms with Gasteiger partial charge in [-0.05, 0) is 11.6 Å². The molecule has 0 radical (unpaired) electrons. The molecule has 126 valence electrons. The Bertz CT molecular complexity index is 1160. The van der Waals surface area contributed by atoms with Crippen molar-refractivity contribution in [3.8, 4) is 22.4 Å². The molecular formula is C20H15N5S. The van der Waals surface area contributed by atoms with Crippen LogP contribution in [0.15, 0.2) is 72.1 Å². The fourth-order valence-electron chi connectivity index (χ4n) is 3.10. The molecule has 5 aromatic rings. The molecule has 0 spiro atoms. The largest absolute Gasteiger partial charge is 0.346 e. The van der Waals surface area contributed by atoms with Crippen LogP contribution in [-0.4, -0.2) is 24.7 Å². The maximum Gasteiger partial charge on any atom is 0.137 e. The summed E-state index contributed by atoms with van der Waals surface area (Å²) in [6.07, 6.45) is 7.83. The summed E-state index contributed by atoms with van der Waals surface area (Å²) in [5.74, 6) is 0. The number of hydrogen-bond donors (Lipinski definition) is 1. The van der Waals surface area contributed by atoms with Gasteiger partial charge in [0.1, 0.15) is 5.65 Å². The molecule has 0 saturated carbocycles. The number of hydrogen-bond acceptors (Lipinski definition) is 4. The van der Waals surface area contributed by atoms with Gasteiger partial charge < -0.3 is 4.98 Å². The van der Waals surface area contributed by atoms with Gasteiger partial charge in [0.2, 0.25) is 0 Å². The van der Waals surface area contributed by atoms with Gasteiger partial charge in [0.25, 0.3) is 0 Å². The third-order valence-corrected chi connectivity index (χ3v) is 4.98. The Morgan fingerprint density at radius 1 is 1.04 bits per heavy atom. The molecule has 5 rings (SSSR count). The van der Waals surface area contributed by atoms with Crippen molar-refractivity contribution in [1.82, 2.24) is 24.7 Å². The van der Waals surface area contributed by atoms with E-state index in [1.165, 1.54) is 5.56 Å². The van der Waals surface area contributed by atoms with Gasteiger partial charge in [-0.15, -0.1) is 11.3 Å². The first-order valence-corrected chi connectivity index (χ1v) is 9.23. The van der Waals surface area contributed by atoms with Crippen molar-refractivity contribution in [1.29, 1.82) is 0 Å². The maximum absolute atomic E-state index is 4.54. The molecule has 0 aliphatic rings. The zero-order valence-corrected chi connectivity index (χ0v) is 14.6. The molecule has 0 aliphatic carbocycles. The zero-order valence-electron chi connectivity index (χ0n) is 13.8. The fraction of sp³-hybridized carbons (Fsp3) is 0.0500. The standard InChI is InChI=1S/C20H15N5S/c1-2-4-14(5-3-1)10-25-11-16(8-24-25)18-9-22-20-17(18)6-15(7-21-20)19-12-26-13-23-19/h1-9,11-13H,10H2,(H,21,22). The Hall–Kier alpha value is -3.25. The van der Waals surface area contributed by atoms with Crippen molar-refractivity contribution < 1.29 is 0 Å². The highest BCUT2D eigenvalue weighted by atomic mass is 32.1. The van der Waals surface area contributed by atoms with Crippen molar-refractivity contribution in [2.45, 2.75) is 6.54 Å². The molecule has 0 amide bonds. The van der Waals surface area contributed by atoms with Crippen LogP contribution in [0, 0.1) is 0 Å². The molecule has 26 heavy (non-hydrogen) atoms. The van der Waals surface area contributed by atoms with Gasteiger partial charge in [0.15, 0.2) is 0 Å². The van der Waals surface area contributed by atoms with E-state index in [0.717, 1.165) is 40.0 Å². The van der Waals surface area contributed by atoms with E-state index in [-0.39, 0.29) is 0 Å². The second-order valence-corrected chi connectivity index (χ2v) is 6.83. The number of aromatic nitrogens is 5. The van der Waals surface area contributed by atoms with Crippen molar-refractivity contribution in [3.05, 3.63) is 77.6 Å². The van der Waals surface area contributed by atoms with Gasteiger partial charge in [0, 0.05) is 46.0 Å². The Morgan fingerprint density at radius 3 is 2.81 bits per heavy atom. The highest BCUT2D eigenvalue weighted by Gasteiger charge is 2.11. The Morgan fingerprint density at radius 2 is 1.96 bits per heavy atom. The molecule has 0 unspecified atom stereocenters. The topological polar surface area (TPSA) is 59.4 Å². The van der Waals surface area contributed by atoms with E-state index < -0.39 is 0 Å². The number of rotatable bonds is 4. The molecule has 4 aromatic heterocycles. The summed E-state index contributed by atoms with van der Waals surface area (Å²) in [5, 5.41) is 7.63. The number of aromatic amines is 1. The number of benzene rings is 1. The van der Waals surface area contributed by atoms with Crippen molar-refractivity contribution in [2.75, 3.05) is 0 Å². The monoisotopic (exact) mass is 357 g/mol. The molecule has 4 heterocycles. The van der Waals surface area contributed by atoms with E-state index in [1.807, 2.05) is 52.4 Å². The van der Waals surface area contributed by atoms with E-state index in [9.17, 15) is 0 Å². The highest BCUT2D eigenvalue weighted by Crippen LogP contribution is 2.30. The SMILES string of the molecule is c1ccc(Cn2cc(-c3c[nH]c4ncc(-c5cscn5)cc34)cn2)cc1. The summed E-state index contributed by atoms with van der Waals surface area (Å²) in [6, 6.07) is 12.5. The molecule has 0 saturated heterocycles. The van der Waals surface area contributed by atoms with Gasteiger partial charge in [-0.25, -0.2) is 9.97 Å². The predicted octanol–water partition coefficient (Wildman–Crippen LogP) is 4.60. The van der Waals surface area contributed by atoms with Gasteiger partial charge in [-0.1, -0.05) is 30.3 Å². The Balaban J connectivity index is 1.52. The van der Waals surface area contributed by atoms with Crippen LogP contribution in [0.25, 0.3) is 33.4 Å². The molecule has 0 atom stereocenters. The van der Waals surface area contributed by atoms with Gasteiger partial charge in [0.05, 0.1) is 23.9 Å². The number of thiazole rings is 1. The number of pyridine rings is 1. The molecule has 5 nitrogen and oxygen atoms in total. The summed E-state index contributed by atoms with van der Waals surface area (Å²) >= 11 is 1.59. The van der Waals surface area contributed by atoms with Crippen LogP contribution in [0.2, 0.25) is 0 Å². The second-order valence-electron chi connectivity index (χ2n) is 6.11. The van der Waals surface area contributed by atoms with E-state index >= 15 is 0 Å². The summed E-state index contributed by atoms with van der Waals surface area (Å²) in [7, 11) is 0. The maximum atomic E-state index is 4.54. The summed E-state index contributed by atoms with van der Waals surface area (Å²) < 4.78 is 1.96. The third kappa shape index (κ3) is 2.70. The molecule has 0 fully saturated rings. The molecule has 0 bridgehead atoms. The lowest BCUT2D eigenvalue weighted by atomic mass is 10.1. The van der Waals surface area contributed by atoms with Crippen molar-refractivity contribution in [3.63, 3.8) is 0 Å². The van der Waals surface area contributed by atoms with Gasteiger partial charge in [-0.3, -0.25) is 4.68 Å². The first-order valence-electron chi connectivity index (χ1n) is 8.29. The predicted molar refractivity (Wildman–Crippen MR) is 104 cm³/mol. The second kappa shape index (κ2) is 6.24. The minimum absolute atomic E-state index is 0.755. The van der Waals surface area contributed by atoms with Crippen LogP contribution < -0.4 is 0 Å². The average molecular weight is 357 g/mol. The number of H-pyrrole nitrogens is 1. The van der Waals surface area contributed by atoms with Crippen LogP contribution >= 0.6 is 11.3 Å². The van der Waals surface area contributed by atoms with E-state index in [2.05, 4.69) is 44.4 Å². The van der Waals surface area contributed by atoms with Gasteiger partial charge in [-0.2, -0.15) is 5.10 Å². The first-order chi connectivity index (χ1) is 12.9. The van der Waals surface area contributed by atoms with E-state index in [4.69, 9.17) is 0 Å². The van der Waals surface area contributed by atoms with Crippen molar-refractivity contribution in [2.24, 2.45) is 0 Å². The minimum atomic E-state index is 0.755. The third-order valence-electron chi connectivity index (χ3n) is 4.39. The number of fused-ring (bicyclic) bond motifs is 1. The smallest absolute Gasteiger partial charge is 0.137 e. The fourth-order valence-corrected chi connectivity index (χ4v) is 3.66. The van der Waals surface area contributed by atoms with E-state index in [1.54, 1.807) is 11.3 Å². The molecule has 1 aromatic carbocycles. The molecule has 6 heteroatoms. The van der Waals surface area contributed by atoms with Crippen LogP contribution in [0.3, 0.4) is 0 Å². The van der Waals surface area contributed by atoms with Crippen LogP contribution in [-0.2, 0) is 6.54 Å². The lowest BCUT2D eigenvalue weighted by Crippen LogP contribution is -1.99. The molecule has 1 N–H and O–H groups in total. The zero-order chi connectivity index (χ0) is 17.3. The van der Waals surface area contributed by atoms with Crippen LogP contribution in [0.5, 0.6) is 0 Å². The quantitative estimate of drug-likeness (QED) is 0.511.